The fourth-order valence-corrected chi connectivity index (χ4v) is 0.757. The first-order chi connectivity index (χ1) is 6.29. The molecule has 1 nitrogen and oxygen atoms in total. The number of allylic oxidation sites excluding steroid dienone is 2. The van der Waals surface area contributed by atoms with Gasteiger partial charge in [0.15, 0.2) is 0 Å². The van der Waals surface area contributed by atoms with Crippen molar-refractivity contribution in [3.8, 4) is 0 Å². The highest BCUT2D eigenvalue weighted by Gasteiger charge is 2.13. The summed E-state index contributed by atoms with van der Waals surface area (Å²) in [6.07, 6.45) is 2.92. The highest BCUT2D eigenvalue weighted by atomic mass is 14.7. The van der Waals surface area contributed by atoms with Crippen molar-refractivity contribution >= 4 is 5.71 Å². The van der Waals surface area contributed by atoms with E-state index in [4.69, 9.17) is 0 Å². The van der Waals surface area contributed by atoms with Crippen molar-refractivity contribution in [2.75, 3.05) is 0 Å². The van der Waals surface area contributed by atoms with Crippen LogP contribution < -0.4 is 0 Å². The highest BCUT2D eigenvalue weighted by molar-refractivity contribution is 5.87. The third-order valence-corrected chi connectivity index (χ3v) is 2.52. The number of hydrogen-bond acceptors (Lipinski definition) is 1. The lowest BCUT2D eigenvalue weighted by Crippen LogP contribution is -2.16. The quantitative estimate of drug-likeness (QED) is 0.466. The predicted octanol–water partition coefficient (Wildman–Crippen LogP) is 4.36. The Kier molecular flexibility index (Phi) is 4.82. The molecule has 14 heavy (non-hydrogen) atoms. The van der Waals surface area contributed by atoms with Crippen LogP contribution in [0.3, 0.4) is 0 Å². The molecule has 0 rings (SSSR count). The van der Waals surface area contributed by atoms with Crippen LogP contribution in [0.25, 0.3) is 0 Å². The van der Waals surface area contributed by atoms with Gasteiger partial charge in [0.1, 0.15) is 0 Å². The highest BCUT2D eigenvalue weighted by Crippen LogP contribution is 2.17. The molecule has 0 amide bonds. The minimum Gasteiger partial charge on any atom is -0.265 e. The monoisotopic (exact) mass is 193 g/mol. The average molecular weight is 193 g/mol. The molecule has 0 bridgehead atoms. The molecule has 0 unspecified atom stereocenters. The van der Waals surface area contributed by atoms with Crippen LogP contribution in [0.1, 0.15) is 48.0 Å². The average Bonchev–Trinajstić information content (AvgIpc) is 2.10. The fraction of sp³-hybridized carbons (Fsp3) is 0.615. The van der Waals surface area contributed by atoms with Crippen molar-refractivity contribution in [3.05, 3.63) is 23.9 Å². The van der Waals surface area contributed by atoms with Crippen molar-refractivity contribution in [3.63, 3.8) is 0 Å². The standard InChI is InChI=1S/C13H23N/c1-8-10(2)11(3)9-14-12(4)13(5,6)7/h9H,2,8H2,1,3-7H3/b11-9+,14-12?. The second kappa shape index (κ2) is 5.14. The molecule has 0 atom stereocenters. The maximum Gasteiger partial charge on any atom is 0.0299 e. The summed E-state index contributed by atoms with van der Waals surface area (Å²) in [5.41, 5.74) is 3.65. The van der Waals surface area contributed by atoms with Crippen molar-refractivity contribution in [2.45, 2.75) is 48.0 Å². The van der Waals surface area contributed by atoms with Crippen LogP contribution in [0.15, 0.2) is 28.9 Å². The first kappa shape index (κ1) is 13.2. The van der Waals surface area contributed by atoms with Gasteiger partial charge in [-0.15, -0.1) is 0 Å². The molecule has 0 spiro atoms. The molecule has 0 aliphatic rings. The van der Waals surface area contributed by atoms with E-state index < -0.39 is 0 Å². The van der Waals surface area contributed by atoms with Crippen LogP contribution in [-0.4, -0.2) is 5.71 Å². The molecule has 0 aliphatic carbocycles. The molecule has 0 aromatic heterocycles. The molecule has 80 valence electrons. The summed E-state index contributed by atoms with van der Waals surface area (Å²) in [6.45, 7) is 16.7. The van der Waals surface area contributed by atoms with Crippen LogP contribution in [0.2, 0.25) is 0 Å². The number of rotatable bonds is 3. The summed E-state index contributed by atoms with van der Waals surface area (Å²) in [4.78, 5) is 4.46. The predicted molar refractivity (Wildman–Crippen MR) is 65.8 cm³/mol. The molecule has 0 aromatic rings. The molecule has 0 N–H and O–H groups in total. The van der Waals surface area contributed by atoms with Gasteiger partial charge in [0.05, 0.1) is 0 Å². The Morgan fingerprint density at radius 3 is 2.14 bits per heavy atom. The molecule has 0 aliphatic heterocycles. The molecule has 0 saturated heterocycles. The Morgan fingerprint density at radius 1 is 1.29 bits per heavy atom. The van der Waals surface area contributed by atoms with Gasteiger partial charge in [-0.2, -0.15) is 0 Å². The van der Waals surface area contributed by atoms with E-state index in [0.717, 1.165) is 17.7 Å². The number of aliphatic imine (C=N–C) groups is 1. The van der Waals surface area contributed by atoms with E-state index in [1.54, 1.807) is 0 Å². The maximum absolute atomic E-state index is 4.46. The van der Waals surface area contributed by atoms with E-state index in [1.807, 2.05) is 6.20 Å². The van der Waals surface area contributed by atoms with Crippen LogP contribution in [0, 0.1) is 5.41 Å². The lowest BCUT2D eigenvalue weighted by atomic mass is 9.91. The second-order valence-corrected chi connectivity index (χ2v) is 4.73. The smallest absolute Gasteiger partial charge is 0.0299 e. The third-order valence-electron chi connectivity index (χ3n) is 2.52. The summed E-state index contributed by atoms with van der Waals surface area (Å²) in [7, 11) is 0. The first-order valence-electron chi connectivity index (χ1n) is 5.18. The molecule has 0 saturated carbocycles. The van der Waals surface area contributed by atoms with Crippen molar-refractivity contribution < 1.29 is 0 Å². The molecule has 1 heteroatoms. The number of hydrogen-bond donors (Lipinski definition) is 0. The summed E-state index contributed by atoms with van der Waals surface area (Å²) in [5, 5.41) is 0. The molecule has 0 aromatic carbocycles. The SMILES string of the molecule is C=C(CC)/C(C)=C/N=C(C)C(C)(C)C. The van der Waals surface area contributed by atoms with Crippen LogP contribution in [0.5, 0.6) is 0 Å². The van der Waals surface area contributed by atoms with Gasteiger partial charge < -0.3 is 0 Å². The summed E-state index contributed by atoms with van der Waals surface area (Å²) < 4.78 is 0. The van der Waals surface area contributed by atoms with E-state index >= 15 is 0 Å². The van der Waals surface area contributed by atoms with Crippen LogP contribution >= 0.6 is 0 Å². The Labute approximate surface area is 88.6 Å². The van der Waals surface area contributed by atoms with Gasteiger partial charge in [-0.1, -0.05) is 39.8 Å². The second-order valence-electron chi connectivity index (χ2n) is 4.73. The van der Waals surface area contributed by atoms with Crippen molar-refractivity contribution in [2.24, 2.45) is 10.4 Å². The Balaban J connectivity index is 4.63. The van der Waals surface area contributed by atoms with Gasteiger partial charge in [0, 0.05) is 11.9 Å². The van der Waals surface area contributed by atoms with Gasteiger partial charge in [-0.3, -0.25) is 4.99 Å². The summed E-state index contributed by atoms with van der Waals surface area (Å²) in [6, 6.07) is 0. The molecule has 0 heterocycles. The molecule has 0 radical (unpaired) electrons. The normalized spacial score (nSPS) is 14.4. The lowest BCUT2D eigenvalue weighted by molar-refractivity contribution is 0.588. The minimum absolute atomic E-state index is 0.157. The van der Waals surface area contributed by atoms with Crippen molar-refractivity contribution in [1.29, 1.82) is 0 Å². The largest absolute Gasteiger partial charge is 0.265 e. The van der Waals surface area contributed by atoms with Gasteiger partial charge >= 0.3 is 0 Å². The number of nitrogens with zero attached hydrogens (tertiary/aromatic N) is 1. The lowest BCUT2D eigenvalue weighted by Gasteiger charge is -2.17. The summed E-state index contributed by atoms with van der Waals surface area (Å²) in [5.74, 6) is 0. The van der Waals surface area contributed by atoms with E-state index in [9.17, 15) is 0 Å². The van der Waals surface area contributed by atoms with E-state index in [-0.39, 0.29) is 5.41 Å². The van der Waals surface area contributed by atoms with Gasteiger partial charge in [0.25, 0.3) is 0 Å². The molecular weight excluding hydrogens is 170 g/mol. The van der Waals surface area contributed by atoms with Crippen molar-refractivity contribution in [1.82, 2.24) is 0 Å². The maximum atomic E-state index is 4.46. The molecular formula is C13H23N. The Morgan fingerprint density at radius 2 is 1.79 bits per heavy atom. The van der Waals surface area contributed by atoms with Crippen LogP contribution in [0.4, 0.5) is 0 Å². The van der Waals surface area contributed by atoms with Crippen LogP contribution in [-0.2, 0) is 0 Å². The zero-order valence-electron chi connectivity index (χ0n) is 10.4. The summed E-state index contributed by atoms with van der Waals surface area (Å²) >= 11 is 0. The van der Waals surface area contributed by atoms with E-state index in [1.165, 1.54) is 5.57 Å². The van der Waals surface area contributed by atoms with Gasteiger partial charge in [-0.05, 0) is 31.3 Å². The van der Waals surface area contributed by atoms with Gasteiger partial charge in [0.2, 0.25) is 0 Å². The fourth-order valence-electron chi connectivity index (χ4n) is 0.757. The molecule has 0 fully saturated rings. The van der Waals surface area contributed by atoms with E-state index in [2.05, 4.69) is 53.1 Å². The minimum atomic E-state index is 0.157. The first-order valence-corrected chi connectivity index (χ1v) is 5.18. The zero-order valence-corrected chi connectivity index (χ0v) is 10.4. The topological polar surface area (TPSA) is 12.4 Å². The Bertz CT molecular complexity index is 261. The Hall–Kier alpha value is -0.850. The third kappa shape index (κ3) is 4.40. The zero-order chi connectivity index (χ0) is 11.4. The van der Waals surface area contributed by atoms with E-state index in [0.29, 0.717) is 0 Å². The van der Waals surface area contributed by atoms with Gasteiger partial charge in [-0.25, -0.2) is 0 Å².